The fraction of sp³-hybridized carbons (Fsp3) is 0.750. The first-order valence-electron chi connectivity index (χ1n) is 5.62. The smallest absolute Gasteiger partial charge is 0.312 e. The lowest BCUT2D eigenvalue weighted by molar-refractivity contribution is -0.145. The van der Waals surface area contributed by atoms with Crippen LogP contribution in [0.3, 0.4) is 0 Å². The fourth-order valence-electron chi connectivity index (χ4n) is 2.08. The summed E-state index contributed by atoms with van der Waals surface area (Å²) in [6.07, 6.45) is 2.43. The molecule has 86 valence electrons. The Bertz CT molecular complexity index is 337. The Hall–Kier alpha value is -1.55. The minimum atomic E-state index is -1.20. The van der Waals surface area contributed by atoms with Gasteiger partial charge in [-0.05, 0) is 19.8 Å². The monoisotopic (exact) mass is 220 g/mol. The predicted molar refractivity (Wildman–Crippen MR) is 56.8 cm³/mol. The summed E-state index contributed by atoms with van der Waals surface area (Å²) in [7, 11) is 0. The molecule has 0 saturated carbocycles. The SMILES string of the molecule is CCCCC(C#N)(C#N)C1CC(C)OC1=O. The van der Waals surface area contributed by atoms with E-state index in [2.05, 4.69) is 0 Å². The lowest BCUT2D eigenvalue weighted by atomic mass is 9.73. The summed E-state index contributed by atoms with van der Waals surface area (Å²) >= 11 is 0. The van der Waals surface area contributed by atoms with Crippen molar-refractivity contribution in [3.8, 4) is 12.1 Å². The van der Waals surface area contributed by atoms with Crippen LogP contribution in [0.2, 0.25) is 0 Å². The van der Waals surface area contributed by atoms with E-state index in [4.69, 9.17) is 4.74 Å². The Morgan fingerprint density at radius 1 is 1.50 bits per heavy atom. The molecule has 1 fully saturated rings. The zero-order valence-corrected chi connectivity index (χ0v) is 9.69. The maximum Gasteiger partial charge on any atom is 0.312 e. The number of carbonyl (C=O) groups excluding carboxylic acids is 1. The number of cyclic esters (lactones) is 1. The molecular weight excluding hydrogens is 204 g/mol. The van der Waals surface area contributed by atoms with Gasteiger partial charge in [0.05, 0.1) is 24.2 Å². The third-order valence-electron chi connectivity index (χ3n) is 3.09. The summed E-state index contributed by atoms with van der Waals surface area (Å²) in [6.45, 7) is 3.78. The maximum atomic E-state index is 11.6. The van der Waals surface area contributed by atoms with Gasteiger partial charge in [0.2, 0.25) is 0 Å². The van der Waals surface area contributed by atoms with Crippen molar-refractivity contribution >= 4 is 5.97 Å². The first kappa shape index (κ1) is 12.5. The van der Waals surface area contributed by atoms with Gasteiger partial charge in [-0.25, -0.2) is 0 Å². The molecular formula is C12H16N2O2. The molecule has 1 aliphatic rings. The molecule has 1 saturated heterocycles. The molecule has 0 bridgehead atoms. The van der Waals surface area contributed by atoms with E-state index in [-0.39, 0.29) is 6.10 Å². The molecule has 0 aliphatic carbocycles. The summed E-state index contributed by atoms with van der Waals surface area (Å²) in [5.41, 5.74) is -1.20. The van der Waals surface area contributed by atoms with Crippen LogP contribution in [-0.4, -0.2) is 12.1 Å². The van der Waals surface area contributed by atoms with Crippen LogP contribution in [0.4, 0.5) is 0 Å². The van der Waals surface area contributed by atoms with Crippen molar-refractivity contribution in [1.82, 2.24) is 0 Å². The van der Waals surface area contributed by atoms with Crippen molar-refractivity contribution in [2.24, 2.45) is 11.3 Å². The Labute approximate surface area is 95.8 Å². The number of carbonyl (C=O) groups is 1. The van der Waals surface area contributed by atoms with Crippen LogP contribution in [0, 0.1) is 34.0 Å². The van der Waals surface area contributed by atoms with Crippen LogP contribution >= 0.6 is 0 Å². The highest BCUT2D eigenvalue weighted by molar-refractivity contribution is 5.77. The van der Waals surface area contributed by atoms with E-state index in [0.717, 1.165) is 12.8 Å². The minimum absolute atomic E-state index is 0.180. The molecule has 16 heavy (non-hydrogen) atoms. The highest BCUT2D eigenvalue weighted by Gasteiger charge is 2.49. The number of hydrogen-bond acceptors (Lipinski definition) is 4. The van der Waals surface area contributed by atoms with Gasteiger partial charge >= 0.3 is 5.97 Å². The van der Waals surface area contributed by atoms with Crippen molar-refractivity contribution in [3.63, 3.8) is 0 Å². The second-order valence-electron chi connectivity index (χ2n) is 4.33. The zero-order valence-electron chi connectivity index (χ0n) is 9.69. The van der Waals surface area contributed by atoms with E-state index in [0.29, 0.717) is 12.8 Å². The van der Waals surface area contributed by atoms with Gasteiger partial charge in [-0.2, -0.15) is 10.5 Å². The van der Waals surface area contributed by atoms with E-state index >= 15 is 0 Å². The average molecular weight is 220 g/mol. The lowest BCUT2D eigenvalue weighted by Gasteiger charge is -2.22. The number of nitriles is 2. The van der Waals surface area contributed by atoms with Crippen LogP contribution in [0.5, 0.6) is 0 Å². The molecule has 0 radical (unpaired) electrons. The molecule has 4 nitrogen and oxygen atoms in total. The van der Waals surface area contributed by atoms with E-state index in [1.807, 2.05) is 19.1 Å². The number of ether oxygens (including phenoxy) is 1. The van der Waals surface area contributed by atoms with Crippen LogP contribution < -0.4 is 0 Å². The quantitative estimate of drug-likeness (QED) is 0.680. The summed E-state index contributed by atoms with van der Waals surface area (Å²) in [5.74, 6) is -0.976. The molecule has 0 spiro atoms. The average Bonchev–Trinajstić information content (AvgIpc) is 2.61. The summed E-state index contributed by atoms with van der Waals surface area (Å²) in [4.78, 5) is 11.6. The third kappa shape index (κ3) is 2.17. The first-order chi connectivity index (χ1) is 7.59. The lowest BCUT2D eigenvalue weighted by Crippen LogP contribution is -2.31. The number of unbranched alkanes of at least 4 members (excludes halogenated alkanes) is 1. The molecule has 4 heteroatoms. The van der Waals surface area contributed by atoms with Gasteiger partial charge in [-0.15, -0.1) is 0 Å². The van der Waals surface area contributed by atoms with Gasteiger partial charge in [-0.3, -0.25) is 4.79 Å². The fourth-order valence-corrected chi connectivity index (χ4v) is 2.08. The molecule has 1 heterocycles. The van der Waals surface area contributed by atoms with Crippen molar-refractivity contribution < 1.29 is 9.53 Å². The van der Waals surface area contributed by atoms with E-state index in [1.54, 1.807) is 6.92 Å². The normalized spacial score (nSPS) is 24.6. The van der Waals surface area contributed by atoms with Crippen LogP contribution in [0.15, 0.2) is 0 Å². The molecule has 2 atom stereocenters. The Balaban J connectivity index is 2.90. The largest absolute Gasteiger partial charge is 0.462 e. The molecule has 0 N–H and O–H groups in total. The number of rotatable bonds is 4. The first-order valence-corrected chi connectivity index (χ1v) is 5.62. The summed E-state index contributed by atoms with van der Waals surface area (Å²) in [5, 5.41) is 18.4. The van der Waals surface area contributed by atoms with Gasteiger partial charge in [0.1, 0.15) is 0 Å². The summed E-state index contributed by atoms with van der Waals surface area (Å²) in [6, 6.07) is 4.06. The Morgan fingerprint density at radius 2 is 2.12 bits per heavy atom. The van der Waals surface area contributed by atoms with Crippen LogP contribution in [0.25, 0.3) is 0 Å². The number of esters is 1. The van der Waals surface area contributed by atoms with Gasteiger partial charge in [-0.1, -0.05) is 19.8 Å². The Kier molecular flexibility index (Phi) is 3.90. The van der Waals surface area contributed by atoms with Gasteiger partial charge in [0.25, 0.3) is 0 Å². The molecule has 0 aromatic carbocycles. The van der Waals surface area contributed by atoms with Crippen molar-refractivity contribution in [3.05, 3.63) is 0 Å². The van der Waals surface area contributed by atoms with Gasteiger partial charge < -0.3 is 4.74 Å². The van der Waals surface area contributed by atoms with Gasteiger partial charge in [0, 0.05) is 0 Å². The van der Waals surface area contributed by atoms with Crippen LogP contribution in [-0.2, 0) is 9.53 Å². The molecule has 0 aromatic heterocycles. The van der Waals surface area contributed by atoms with Crippen LogP contribution in [0.1, 0.15) is 39.5 Å². The van der Waals surface area contributed by atoms with Crippen molar-refractivity contribution in [2.75, 3.05) is 0 Å². The standard InChI is InChI=1S/C12H16N2O2/c1-3-4-5-12(7-13,8-14)10-6-9(2)16-11(10)15/h9-10H,3-6H2,1-2H3. The topological polar surface area (TPSA) is 73.9 Å². The molecule has 1 aliphatic heterocycles. The predicted octanol–water partition coefficient (Wildman–Crippen LogP) is 2.16. The maximum absolute atomic E-state index is 11.6. The highest BCUT2D eigenvalue weighted by Crippen LogP contribution is 2.40. The Morgan fingerprint density at radius 3 is 2.50 bits per heavy atom. The van der Waals surface area contributed by atoms with E-state index in [1.165, 1.54) is 0 Å². The third-order valence-corrected chi connectivity index (χ3v) is 3.09. The highest BCUT2D eigenvalue weighted by atomic mass is 16.5. The van der Waals surface area contributed by atoms with E-state index in [9.17, 15) is 15.3 Å². The van der Waals surface area contributed by atoms with Crippen molar-refractivity contribution in [2.45, 2.75) is 45.6 Å². The number of nitrogens with zero attached hydrogens (tertiary/aromatic N) is 2. The molecule has 2 unspecified atom stereocenters. The number of hydrogen-bond donors (Lipinski definition) is 0. The van der Waals surface area contributed by atoms with Crippen molar-refractivity contribution in [1.29, 1.82) is 10.5 Å². The van der Waals surface area contributed by atoms with E-state index < -0.39 is 17.3 Å². The molecule has 0 amide bonds. The second kappa shape index (κ2) is 4.99. The zero-order chi connectivity index (χ0) is 12.2. The second-order valence-corrected chi connectivity index (χ2v) is 4.33. The molecule has 0 aromatic rings. The minimum Gasteiger partial charge on any atom is -0.462 e. The van der Waals surface area contributed by atoms with Gasteiger partial charge in [0.15, 0.2) is 5.41 Å². The summed E-state index contributed by atoms with van der Waals surface area (Å²) < 4.78 is 5.02. The molecule has 1 rings (SSSR count).